The molecule has 0 radical (unpaired) electrons. The Morgan fingerprint density at radius 3 is 2.95 bits per heavy atom. The molecule has 2 heterocycles. The summed E-state index contributed by atoms with van der Waals surface area (Å²) in [7, 11) is 1.76. The van der Waals surface area contributed by atoms with E-state index >= 15 is 0 Å². The van der Waals surface area contributed by atoms with Crippen LogP contribution in [0.25, 0.3) is 0 Å². The molecule has 0 saturated carbocycles. The number of fused-ring (bicyclic) bond motifs is 3. The third-order valence-electron chi connectivity index (χ3n) is 4.71. The second-order valence-electron chi connectivity index (χ2n) is 5.79. The number of halogens is 1. The normalized spacial score (nSPS) is 30.2. The first-order valence-electron chi connectivity index (χ1n) is 7.30. The van der Waals surface area contributed by atoms with Gasteiger partial charge in [-0.3, -0.25) is 0 Å². The van der Waals surface area contributed by atoms with Gasteiger partial charge in [-0.15, -0.1) is 0 Å². The summed E-state index contributed by atoms with van der Waals surface area (Å²) in [5.41, 5.74) is 2.12. The molecule has 1 N–H and O–H groups in total. The Morgan fingerprint density at radius 2 is 2.14 bits per heavy atom. The van der Waals surface area contributed by atoms with Crippen molar-refractivity contribution in [2.45, 2.75) is 30.9 Å². The number of benzene rings is 1. The van der Waals surface area contributed by atoms with Crippen molar-refractivity contribution in [3.8, 4) is 11.5 Å². The zero-order valence-electron chi connectivity index (χ0n) is 11.9. The number of ether oxygens (including phenoxy) is 3. The van der Waals surface area contributed by atoms with Crippen LogP contribution in [0, 0.1) is 0 Å². The maximum atomic E-state index is 6.62. The van der Waals surface area contributed by atoms with Gasteiger partial charge in [-0.05, 0) is 36.1 Å². The van der Waals surface area contributed by atoms with Crippen LogP contribution >= 0.6 is 11.6 Å². The number of nitrogens with one attached hydrogen (secondary N) is 1. The van der Waals surface area contributed by atoms with Crippen LogP contribution in [-0.4, -0.2) is 26.6 Å². The number of hydrogen-bond donors (Lipinski definition) is 1. The van der Waals surface area contributed by atoms with Gasteiger partial charge in [-0.2, -0.15) is 0 Å². The third kappa shape index (κ3) is 1.97. The molecular formula is C16H18ClNO3. The monoisotopic (exact) mass is 307 g/mol. The molecule has 1 aromatic carbocycles. The van der Waals surface area contributed by atoms with Crippen LogP contribution in [0.15, 0.2) is 23.2 Å². The highest BCUT2D eigenvalue weighted by atomic mass is 35.5. The van der Waals surface area contributed by atoms with Crippen molar-refractivity contribution in [3.05, 3.63) is 34.4 Å². The average Bonchev–Trinajstić information content (AvgIpc) is 2.96. The standard InChI is InChI=1S/C16H18ClNO3/c1-19-11-2-3-15(17)16(8-11)12-7-14-13(20-9-21-14)6-10(12)4-5-18-16/h3,6-7,11,18H,2,4-5,8-9H2,1H3/t11-,16+/m1/s1. The molecule has 21 heavy (non-hydrogen) atoms. The van der Waals surface area contributed by atoms with E-state index in [4.69, 9.17) is 25.8 Å². The van der Waals surface area contributed by atoms with Crippen LogP contribution in [0.3, 0.4) is 0 Å². The fourth-order valence-electron chi connectivity index (χ4n) is 3.60. The maximum absolute atomic E-state index is 6.62. The Morgan fingerprint density at radius 1 is 1.33 bits per heavy atom. The van der Waals surface area contributed by atoms with E-state index in [0.29, 0.717) is 6.79 Å². The Bertz CT molecular complexity index is 616. The van der Waals surface area contributed by atoms with Crippen LogP contribution in [0.4, 0.5) is 0 Å². The molecule has 3 aliphatic rings. The molecule has 112 valence electrons. The lowest BCUT2D eigenvalue weighted by atomic mass is 9.75. The lowest BCUT2D eigenvalue weighted by Crippen LogP contribution is -2.51. The van der Waals surface area contributed by atoms with Crippen molar-refractivity contribution >= 4 is 11.6 Å². The molecule has 1 aliphatic carbocycles. The molecule has 1 aromatic rings. The lowest BCUT2D eigenvalue weighted by Gasteiger charge is -2.44. The topological polar surface area (TPSA) is 39.7 Å². The van der Waals surface area contributed by atoms with Gasteiger partial charge in [0.2, 0.25) is 6.79 Å². The SMILES string of the molecule is CO[C@@H]1CC=C(Cl)[C@@]2(C1)NCCc1cc3c(cc12)OCO3. The minimum Gasteiger partial charge on any atom is -0.454 e. The van der Waals surface area contributed by atoms with Crippen molar-refractivity contribution in [2.24, 2.45) is 0 Å². The lowest BCUT2D eigenvalue weighted by molar-refractivity contribution is 0.0672. The van der Waals surface area contributed by atoms with Crippen molar-refractivity contribution in [1.82, 2.24) is 5.32 Å². The fraction of sp³-hybridized carbons (Fsp3) is 0.500. The summed E-state index contributed by atoms with van der Waals surface area (Å²) in [5.74, 6) is 1.64. The molecule has 4 nitrogen and oxygen atoms in total. The van der Waals surface area contributed by atoms with E-state index in [1.54, 1.807) is 7.11 Å². The molecule has 4 rings (SSSR count). The Hall–Kier alpha value is -1.23. The summed E-state index contributed by atoms with van der Waals surface area (Å²) in [6.07, 6.45) is 4.92. The zero-order chi connectivity index (χ0) is 14.4. The van der Waals surface area contributed by atoms with E-state index in [0.717, 1.165) is 42.3 Å². The first-order chi connectivity index (χ1) is 10.2. The van der Waals surface area contributed by atoms with Crippen LogP contribution in [0.5, 0.6) is 11.5 Å². The average molecular weight is 308 g/mol. The second-order valence-corrected chi connectivity index (χ2v) is 6.20. The molecule has 0 amide bonds. The highest BCUT2D eigenvalue weighted by molar-refractivity contribution is 6.31. The van der Waals surface area contributed by atoms with Gasteiger partial charge < -0.3 is 19.5 Å². The first-order valence-corrected chi connectivity index (χ1v) is 7.68. The highest BCUT2D eigenvalue weighted by Crippen LogP contribution is 2.47. The van der Waals surface area contributed by atoms with Gasteiger partial charge in [0.25, 0.3) is 0 Å². The van der Waals surface area contributed by atoms with Crippen LogP contribution in [0.1, 0.15) is 24.0 Å². The Kier molecular flexibility index (Phi) is 3.14. The molecule has 0 bridgehead atoms. The summed E-state index contributed by atoms with van der Waals surface area (Å²) in [4.78, 5) is 0. The van der Waals surface area contributed by atoms with Gasteiger partial charge in [0.15, 0.2) is 11.5 Å². The van der Waals surface area contributed by atoms with Gasteiger partial charge in [0.05, 0.1) is 11.6 Å². The molecule has 1 spiro atoms. The number of hydrogen-bond acceptors (Lipinski definition) is 4. The van der Waals surface area contributed by atoms with Gasteiger partial charge in [-0.1, -0.05) is 17.7 Å². The third-order valence-corrected chi connectivity index (χ3v) is 5.19. The van der Waals surface area contributed by atoms with Crippen LogP contribution < -0.4 is 14.8 Å². The second kappa shape index (κ2) is 4.90. The van der Waals surface area contributed by atoms with Gasteiger partial charge in [0.1, 0.15) is 0 Å². The van der Waals surface area contributed by atoms with Crippen LogP contribution in [-0.2, 0) is 16.7 Å². The van der Waals surface area contributed by atoms with Crippen molar-refractivity contribution in [1.29, 1.82) is 0 Å². The minimum absolute atomic E-state index is 0.177. The van der Waals surface area contributed by atoms with E-state index in [1.807, 2.05) is 0 Å². The predicted molar refractivity (Wildman–Crippen MR) is 79.9 cm³/mol. The van der Waals surface area contributed by atoms with Gasteiger partial charge in [-0.25, -0.2) is 0 Å². The summed E-state index contributed by atoms with van der Waals surface area (Å²) in [6.45, 7) is 1.19. The van der Waals surface area contributed by atoms with E-state index < -0.39 is 0 Å². The largest absolute Gasteiger partial charge is 0.454 e. The summed E-state index contributed by atoms with van der Waals surface area (Å²) in [6, 6.07) is 4.18. The Labute approximate surface area is 129 Å². The summed E-state index contributed by atoms with van der Waals surface area (Å²) >= 11 is 6.62. The van der Waals surface area contributed by atoms with Gasteiger partial charge in [0, 0.05) is 25.1 Å². The highest BCUT2D eigenvalue weighted by Gasteiger charge is 2.44. The molecule has 0 unspecified atom stereocenters. The van der Waals surface area contributed by atoms with E-state index in [9.17, 15) is 0 Å². The summed E-state index contributed by atoms with van der Waals surface area (Å²) in [5, 5.41) is 4.48. The number of rotatable bonds is 1. The predicted octanol–water partition coefficient (Wildman–Crippen LogP) is 2.69. The van der Waals surface area contributed by atoms with E-state index in [1.165, 1.54) is 11.1 Å². The van der Waals surface area contributed by atoms with E-state index in [-0.39, 0.29) is 11.6 Å². The fourth-order valence-corrected chi connectivity index (χ4v) is 3.94. The first kappa shape index (κ1) is 13.4. The molecule has 0 fully saturated rings. The number of methoxy groups -OCH3 is 1. The smallest absolute Gasteiger partial charge is 0.231 e. The summed E-state index contributed by atoms with van der Waals surface area (Å²) < 4.78 is 16.6. The zero-order valence-corrected chi connectivity index (χ0v) is 12.7. The molecule has 2 atom stereocenters. The van der Waals surface area contributed by atoms with Gasteiger partial charge >= 0.3 is 0 Å². The molecular weight excluding hydrogens is 290 g/mol. The Balaban J connectivity index is 1.86. The maximum Gasteiger partial charge on any atom is 0.231 e. The molecule has 0 aromatic heterocycles. The molecule has 5 heteroatoms. The molecule has 0 saturated heterocycles. The van der Waals surface area contributed by atoms with Crippen molar-refractivity contribution in [2.75, 3.05) is 20.4 Å². The van der Waals surface area contributed by atoms with E-state index in [2.05, 4.69) is 23.5 Å². The van der Waals surface area contributed by atoms with Crippen LogP contribution in [0.2, 0.25) is 0 Å². The quantitative estimate of drug-likeness (QED) is 0.866. The minimum atomic E-state index is -0.352. The molecule has 2 aliphatic heterocycles. The van der Waals surface area contributed by atoms with Crippen molar-refractivity contribution < 1.29 is 14.2 Å². The van der Waals surface area contributed by atoms with Crippen molar-refractivity contribution in [3.63, 3.8) is 0 Å².